The van der Waals surface area contributed by atoms with E-state index >= 15 is 0 Å². The SMILES string of the molecule is CN(C)C1=CC(=O)/C(=C2\C(O)=C(c3c(O)cc(N(C)C)cc3O)C2[O-])C(O)=C1. The van der Waals surface area contributed by atoms with Gasteiger partial charge in [0.1, 0.15) is 23.0 Å². The Labute approximate surface area is 161 Å². The lowest BCUT2D eigenvalue weighted by Crippen LogP contribution is -2.40. The molecular weight excluding hydrogens is 364 g/mol. The Kier molecular flexibility index (Phi) is 4.60. The largest absolute Gasteiger partial charge is 0.845 e. The minimum atomic E-state index is -1.72. The average molecular weight is 385 g/mol. The Hall–Kier alpha value is -3.39. The van der Waals surface area contributed by atoms with Crippen LogP contribution in [0, 0.1) is 0 Å². The lowest BCUT2D eigenvalue weighted by Gasteiger charge is -2.40. The van der Waals surface area contributed by atoms with E-state index in [4.69, 9.17) is 0 Å². The molecule has 1 aromatic rings. The maximum absolute atomic E-state index is 12.8. The number of aliphatic hydroxyl groups is 2. The number of anilines is 1. The molecule has 0 saturated heterocycles. The highest BCUT2D eigenvalue weighted by Gasteiger charge is 2.37. The van der Waals surface area contributed by atoms with Crippen molar-refractivity contribution in [3.63, 3.8) is 0 Å². The third-order valence-electron chi connectivity index (χ3n) is 4.75. The Morgan fingerprint density at radius 3 is 1.89 bits per heavy atom. The van der Waals surface area contributed by atoms with Crippen LogP contribution in [-0.2, 0) is 4.79 Å². The third kappa shape index (κ3) is 2.87. The fraction of sp³-hybridized carbons (Fsp3) is 0.250. The van der Waals surface area contributed by atoms with Crippen LogP contribution >= 0.6 is 0 Å². The molecular formula is C20H21N2O6-. The molecule has 0 amide bonds. The summed E-state index contributed by atoms with van der Waals surface area (Å²) < 4.78 is 0. The number of aliphatic hydroxyl groups excluding tert-OH is 2. The first-order chi connectivity index (χ1) is 13.0. The zero-order valence-corrected chi connectivity index (χ0v) is 15.9. The van der Waals surface area contributed by atoms with E-state index in [0.717, 1.165) is 0 Å². The average Bonchev–Trinajstić information content (AvgIpc) is 2.60. The second kappa shape index (κ2) is 6.65. The lowest BCUT2D eigenvalue weighted by molar-refractivity contribution is -0.390. The van der Waals surface area contributed by atoms with Crippen LogP contribution < -0.4 is 10.0 Å². The molecule has 0 bridgehead atoms. The normalized spacial score (nSPS) is 21.9. The van der Waals surface area contributed by atoms with Gasteiger partial charge in [0, 0.05) is 69.4 Å². The highest BCUT2D eigenvalue weighted by atomic mass is 16.3. The Bertz CT molecular complexity index is 975. The molecule has 0 aliphatic heterocycles. The number of phenols is 2. The molecule has 0 spiro atoms. The number of rotatable bonds is 3. The van der Waals surface area contributed by atoms with Crippen molar-refractivity contribution < 1.29 is 30.3 Å². The number of carbonyl (C=O) groups is 1. The van der Waals surface area contributed by atoms with Crippen molar-refractivity contribution in [2.45, 2.75) is 6.10 Å². The fourth-order valence-corrected chi connectivity index (χ4v) is 3.21. The molecule has 1 aromatic carbocycles. The summed E-state index contributed by atoms with van der Waals surface area (Å²) in [5.41, 5.74) is -0.0148. The minimum Gasteiger partial charge on any atom is -0.845 e. The minimum absolute atomic E-state index is 0.191. The topological polar surface area (TPSA) is 128 Å². The van der Waals surface area contributed by atoms with Crippen LogP contribution in [0.1, 0.15) is 5.56 Å². The van der Waals surface area contributed by atoms with E-state index < -0.39 is 23.4 Å². The molecule has 2 aliphatic rings. The van der Waals surface area contributed by atoms with Gasteiger partial charge in [-0.25, -0.2) is 0 Å². The van der Waals surface area contributed by atoms with E-state index in [0.29, 0.717) is 11.4 Å². The van der Waals surface area contributed by atoms with Crippen LogP contribution in [0.25, 0.3) is 5.57 Å². The van der Waals surface area contributed by atoms with Crippen LogP contribution in [0.2, 0.25) is 0 Å². The number of benzene rings is 1. The predicted molar refractivity (Wildman–Crippen MR) is 102 cm³/mol. The maximum Gasteiger partial charge on any atom is 0.192 e. The molecule has 1 unspecified atom stereocenters. The maximum atomic E-state index is 12.8. The number of hydrogen-bond acceptors (Lipinski definition) is 8. The number of phenolic OH excluding ortho intramolecular Hbond substituents is 2. The van der Waals surface area contributed by atoms with Gasteiger partial charge in [-0.05, 0) is 5.57 Å². The van der Waals surface area contributed by atoms with Gasteiger partial charge < -0.3 is 35.3 Å². The molecule has 0 saturated carbocycles. The lowest BCUT2D eigenvalue weighted by atomic mass is 9.77. The third-order valence-corrected chi connectivity index (χ3v) is 4.75. The monoisotopic (exact) mass is 385 g/mol. The van der Waals surface area contributed by atoms with Crippen molar-refractivity contribution in [2.75, 3.05) is 33.1 Å². The fourth-order valence-electron chi connectivity index (χ4n) is 3.21. The molecule has 1 atom stereocenters. The van der Waals surface area contributed by atoms with E-state index in [1.807, 2.05) is 0 Å². The summed E-state index contributed by atoms with van der Waals surface area (Å²) in [7, 11) is 6.82. The summed E-state index contributed by atoms with van der Waals surface area (Å²) >= 11 is 0. The van der Waals surface area contributed by atoms with Crippen LogP contribution in [-0.4, -0.2) is 65.4 Å². The van der Waals surface area contributed by atoms with Gasteiger partial charge in [0.15, 0.2) is 5.78 Å². The van der Waals surface area contributed by atoms with Gasteiger partial charge in [-0.2, -0.15) is 0 Å². The van der Waals surface area contributed by atoms with Gasteiger partial charge in [-0.15, -0.1) is 0 Å². The highest BCUT2D eigenvalue weighted by Crippen LogP contribution is 2.48. The van der Waals surface area contributed by atoms with Crippen LogP contribution in [0.15, 0.2) is 52.6 Å². The van der Waals surface area contributed by atoms with Crippen molar-refractivity contribution in [1.29, 1.82) is 0 Å². The first kappa shape index (κ1) is 19.4. The molecule has 0 fully saturated rings. The van der Waals surface area contributed by atoms with Gasteiger partial charge >= 0.3 is 0 Å². The Balaban J connectivity index is 2.11. The Morgan fingerprint density at radius 1 is 0.893 bits per heavy atom. The molecule has 0 heterocycles. The molecule has 3 rings (SSSR count). The molecule has 4 N–H and O–H groups in total. The highest BCUT2D eigenvalue weighted by molar-refractivity contribution is 6.11. The summed E-state index contributed by atoms with van der Waals surface area (Å²) in [6.45, 7) is 0. The standard InChI is InChI=1S/C20H21N2O6/c1-21(2)9-5-11(23)15(12(24)6-9)17-19(27)18(20(17)28)16-13(25)7-10(22(3)4)8-14(16)26/h5-8,19,23-25,28H,1-4H3/q-1/b18-16-. The van der Waals surface area contributed by atoms with Gasteiger partial charge in [0.25, 0.3) is 0 Å². The van der Waals surface area contributed by atoms with E-state index in [2.05, 4.69) is 0 Å². The van der Waals surface area contributed by atoms with E-state index in [1.165, 1.54) is 24.3 Å². The molecule has 28 heavy (non-hydrogen) atoms. The van der Waals surface area contributed by atoms with E-state index in [9.17, 15) is 30.3 Å². The molecule has 2 aliphatic carbocycles. The smallest absolute Gasteiger partial charge is 0.192 e. The van der Waals surface area contributed by atoms with Crippen LogP contribution in [0.3, 0.4) is 0 Å². The zero-order valence-electron chi connectivity index (χ0n) is 15.9. The number of nitrogens with zero attached hydrogens (tertiary/aromatic N) is 2. The number of allylic oxidation sites excluding steroid dienone is 3. The summed E-state index contributed by atoms with van der Waals surface area (Å²) in [5, 5.41) is 54.0. The van der Waals surface area contributed by atoms with Crippen LogP contribution in [0.4, 0.5) is 5.69 Å². The van der Waals surface area contributed by atoms with Gasteiger partial charge in [0.2, 0.25) is 0 Å². The molecule has 148 valence electrons. The second-order valence-corrected chi connectivity index (χ2v) is 7.04. The first-order valence-electron chi connectivity index (χ1n) is 8.46. The van der Waals surface area contributed by atoms with Crippen molar-refractivity contribution in [2.24, 2.45) is 0 Å². The zero-order chi connectivity index (χ0) is 20.9. The van der Waals surface area contributed by atoms with Gasteiger partial charge in [-0.3, -0.25) is 4.79 Å². The summed E-state index contributed by atoms with van der Waals surface area (Å²) in [5.74, 6) is -2.32. The molecule has 0 aromatic heterocycles. The Morgan fingerprint density at radius 2 is 1.46 bits per heavy atom. The number of likely N-dealkylation sites (N-methyl/N-ethyl adjacent to an activating group) is 1. The van der Waals surface area contributed by atoms with E-state index in [-0.39, 0.29) is 33.8 Å². The van der Waals surface area contributed by atoms with Crippen LogP contribution in [0.5, 0.6) is 11.5 Å². The molecule has 8 nitrogen and oxygen atoms in total. The first-order valence-corrected chi connectivity index (χ1v) is 8.46. The second-order valence-electron chi connectivity index (χ2n) is 7.04. The van der Waals surface area contributed by atoms with Crippen molar-refractivity contribution in [3.8, 4) is 11.5 Å². The molecule has 0 radical (unpaired) electrons. The molecule has 8 heteroatoms. The summed E-state index contributed by atoms with van der Waals surface area (Å²) in [6, 6.07) is 2.70. The number of hydrogen-bond donors (Lipinski definition) is 4. The number of ketones is 1. The van der Waals surface area contributed by atoms with Crippen molar-refractivity contribution in [3.05, 3.63) is 58.2 Å². The number of aromatic hydroxyl groups is 2. The quantitative estimate of drug-likeness (QED) is 0.566. The van der Waals surface area contributed by atoms with Crippen molar-refractivity contribution >= 4 is 17.0 Å². The van der Waals surface area contributed by atoms with Gasteiger partial charge in [-0.1, -0.05) is 6.10 Å². The number of carbonyl (C=O) groups excluding carboxylic acids is 1. The summed E-state index contributed by atoms with van der Waals surface area (Å²) in [6.07, 6.45) is 0.856. The predicted octanol–water partition coefficient (Wildman–Crippen LogP) is 0.942. The van der Waals surface area contributed by atoms with Gasteiger partial charge in [0.05, 0.1) is 11.1 Å². The summed E-state index contributed by atoms with van der Waals surface area (Å²) in [4.78, 5) is 15.7. The van der Waals surface area contributed by atoms with E-state index in [1.54, 1.807) is 38.0 Å². The van der Waals surface area contributed by atoms with Crippen molar-refractivity contribution in [1.82, 2.24) is 4.90 Å².